The maximum atomic E-state index is 11.8. The second-order valence-corrected chi connectivity index (χ2v) is 2.80. The summed E-state index contributed by atoms with van der Waals surface area (Å²) in [6.07, 6.45) is -2.33. The Morgan fingerprint density at radius 1 is 1.24 bits per heavy atom. The number of phenolic OH excluding ortho intramolecular Hbond substituents is 1. The molecule has 1 rings (SSSR count). The summed E-state index contributed by atoms with van der Waals surface area (Å²) < 4.78 is 32.0. The summed E-state index contributed by atoms with van der Waals surface area (Å²) in [7, 11) is 1.17. The van der Waals surface area contributed by atoms with Crippen LogP contribution in [0.5, 0.6) is 11.5 Å². The van der Waals surface area contributed by atoms with Crippen LogP contribution in [0.4, 0.5) is 13.6 Å². The van der Waals surface area contributed by atoms with Gasteiger partial charge in [-0.2, -0.15) is 8.78 Å². The standard InChI is InChI=1S/C9H8F2O4.CH2O3.2K/c1-14-8(13)5-2-3-7(6(12)4-5)15-9(10)11;2-1(3)4;;/h2-4,9,12H,1H3;(H2,2,3,4);;/q;;2*+1/p-2. The van der Waals surface area contributed by atoms with Crippen LogP contribution in [0.1, 0.15) is 10.4 Å². The largest absolute Gasteiger partial charge is 1.00 e. The maximum absolute atomic E-state index is 11.8. The van der Waals surface area contributed by atoms with Gasteiger partial charge in [0.25, 0.3) is 0 Å². The number of phenols is 1. The van der Waals surface area contributed by atoms with Crippen molar-refractivity contribution in [2.45, 2.75) is 6.61 Å². The number of hydrogen-bond donors (Lipinski definition) is 1. The number of carboxylic acid groups (broad SMARTS) is 2. The number of alkyl halides is 2. The molecule has 11 heteroatoms. The van der Waals surface area contributed by atoms with Crippen molar-refractivity contribution >= 4 is 12.1 Å². The van der Waals surface area contributed by atoms with Gasteiger partial charge >= 0.3 is 115 Å². The molecular formula is C10H8F2K2O7. The third-order valence-electron chi connectivity index (χ3n) is 1.60. The third kappa shape index (κ3) is 12.9. The second kappa shape index (κ2) is 14.3. The zero-order valence-corrected chi connectivity index (χ0v) is 17.7. The van der Waals surface area contributed by atoms with E-state index >= 15 is 0 Å². The molecule has 1 aromatic carbocycles. The van der Waals surface area contributed by atoms with Gasteiger partial charge in [-0.3, -0.25) is 0 Å². The predicted octanol–water partition coefficient (Wildman–Crippen LogP) is -6.66. The Balaban J connectivity index is -0.000000482. The molecule has 1 N–H and O–H groups in total. The number of benzene rings is 1. The van der Waals surface area contributed by atoms with Gasteiger partial charge in [0, 0.05) is 0 Å². The summed E-state index contributed by atoms with van der Waals surface area (Å²) in [5.74, 6) is -1.61. The first-order chi connectivity index (χ1) is 8.77. The van der Waals surface area contributed by atoms with Crippen molar-refractivity contribution in [1.82, 2.24) is 0 Å². The van der Waals surface area contributed by atoms with Crippen LogP contribution in [0, 0.1) is 0 Å². The van der Waals surface area contributed by atoms with E-state index in [0.29, 0.717) is 0 Å². The van der Waals surface area contributed by atoms with Crippen molar-refractivity contribution in [3.05, 3.63) is 23.8 Å². The number of carbonyl (C=O) groups excluding carboxylic acids is 2. The molecule has 0 fully saturated rings. The molecule has 21 heavy (non-hydrogen) atoms. The zero-order valence-electron chi connectivity index (χ0n) is 11.5. The zero-order chi connectivity index (χ0) is 15.0. The normalized spacial score (nSPS) is 8.38. The molecule has 0 atom stereocenters. The van der Waals surface area contributed by atoms with Crippen LogP contribution in [-0.4, -0.2) is 31.0 Å². The fraction of sp³-hybridized carbons (Fsp3) is 0.200. The van der Waals surface area contributed by atoms with Crippen LogP contribution in [0.3, 0.4) is 0 Å². The van der Waals surface area contributed by atoms with Crippen molar-refractivity contribution < 1.29 is 146 Å². The van der Waals surface area contributed by atoms with Gasteiger partial charge in [0.05, 0.1) is 12.7 Å². The van der Waals surface area contributed by atoms with E-state index in [9.17, 15) is 18.7 Å². The molecule has 0 amide bonds. The van der Waals surface area contributed by atoms with E-state index in [2.05, 4.69) is 9.47 Å². The van der Waals surface area contributed by atoms with Gasteiger partial charge in [0.2, 0.25) is 0 Å². The second-order valence-electron chi connectivity index (χ2n) is 2.80. The molecule has 1 aromatic rings. The molecule has 7 nitrogen and oxygen atoms in total. The molecular weight excluding hydrogens is 348 g/mol. The first kappa shape index (κ1) is 26.6. The van der Waals surface area contributed by atoms with E-state index < -0.39 is 30.2 Å². The molecule has 0 unspecified atom stereocenters. The predicted molar refractivity (Wildman–Crippen MR) is 51.5 cm³/mol. The first-order valence-corrected chi connectivity index (χ1v) is 4.52. The Morgan fingerprint density at radius 3 is 2.05 bits per heavy atom. The number of methoxy groups -OCH3 is 1. The molecule has 0 aliphatic heterocycles. The SMILES string of the molecule is COC(=O)c1ccc(OC(F)F)c(O)c1.O=C([O-])[O-].[K+].[K+]. The van der Waals surface area contributed by atoms with E-state index in [0.717, 1.165) is 12.1 Å². The van der Waals surface area contributed by atoms with Crippen LogP contribution >= 0.6 is 0 Å². The Hall–Kier alpha value is 0.693. The molecule has 0 saturated carbocycles. The van der Waals surface area contributed by atoms with Crippen molar-refractivity contribution in [1.29, 1.82) is 0 Å². The number of hydrogen-bond acceptors (Lipinski definition) is 7. The van der Waals surface area contributed by atoms with Crippen molar-refractivity contribution in [2.75, 3.05) is 7.11 Å². The molecule has 0 saturated heterocycles. The van der Waals surface area contributed by atoms with Crippen LogP contribution in [0.2, 0.25) is 0 Å². The number of rotatable bonds is 3. The summed E-state index contributed by atoms with van der Waals surface area (Å²) in [6.45, 7) is -3.03. The van der Waals surface area contributed by atoms with Crippen molar-refractivity contribution in [3.8, 4) is 11.5 Å². The van der Waals surface area contributed by atoms with Gasteiger partial charge in [-0.25, -0.2) is 4.79 Å². The Kier molecular flexibility index (Phi) is 18.1. The van der Waals surface area contributed by atoms with Gasteiger partial charge in [-0.1, -0.05) is 0 Å². The number of esters is 1. The summed E-state index contributed by atoms with van der Waals surface area (Å²) >= 11 is 0. The molecule has 0 radical (unpaired) electrons. The van der Waals surface area contributed by atoms with Gasteiger partial charge in [-0.15, -0.1) is 0 Å². The number of aromatic hydroxyl groups is 1. The van der Waals surface area contributed by atoms with Crippen LogP contribution in [0.15, 0.2) is 18.2 Å². The summed E-state index contributed by atoms with van der Waals surface area (Å²) in [4.78, 5) is 19.3. The Labute approximate surface area is 203 Å². The minimum absolute atomic E-state index is 0. The third-order valence-corrected chi connectivity index (χ3v) is 1.60. The van der Waals surface area contributed by atoms with Gasteiger partial charge in [0.15, 0.2) is 11.5 Å². The fourth-order valence-electron chi connectivity index (χ4n) is 0.958. The molecule has 0 heterocycles. The molecule has 106 valence electrons. The minimum atomic E-state index is -3.03. The Bertz CT molecular complexity index is 453. The van der Waals surface area contributed by atoms with E-state index in [1.807, 2.05) is 0 Å². The van der Waals surface area contributed by atoms with Crippen LogP contribution < -0.4 is 118 Å². The Morgan fingerprint density at radius 2 is 1.71 bits per heavy atom. The van der Waals surface area contributed by atoms with Crippen molar-refractivity contribution in [2.24, 2.45) is 0 Å². The smallest absolute Gasteiger partial charge is 0.652 e. The van der Waals surface area contributed by atoms with E-state index in [-0.39, 0.29) is 108 Å². The van der Waals surface area contributed by atoms with Crippen LogP contribution in [-0.2, 0) is 4.74 Å². The number of carbonyl (C=O) groups is 2. The first-order valence-electron chi connectivity index (χ1n) is 4.52. The van der Waals surface area contributed by atoms with Gasteiger partial charge in [-0.05, 0) is 24.4 Å². The van der Waals surface area contributed by atoms with Gasteiger partial charge < -0.3 is 29.6 Å². The molecule has 0 aliphatic carbocycles. The average Bonchev–Trinajstić information content (AvgIpc) is 2.29. The fourth-order valence-corrected chi connectivity index (χ4v) is 0.958. The van der Waals surface area contributed by atoms with Crippen molar-refractivity contribution in [3.63, 3.8) is 0 Å². The van der Waals surface area contributed by atoms with Crippen LogP contribution in [0.25, 0.3) is 0 Å². The van der Waals surface area contributed by atoms with Gasteiger partial charge in [0.1, 0.15) is 0 Å². The maximum Gasteiger partial charge on any atom is 1.00 e. The monoisotopic (exact) mass is 356 g/mol. The van der Waals surface area contributed by atoms with E-state index in [1.165, 1.54) is 13.2 Å². The molecule has 0 bridgehead atoms. The topological polar surface area (TPSA) is 119 Å². The molecule has 0 spiro atoms. The molecule has 0 aliphatic rings. The number of ether oxygens (including phenoxy) is 2. The summed E-state index contributed by atoms with van der Waals surface area (Å²) in [5.41, 5.74) is 0.0524. The summed E-state index contributed by atoms with van der Waals surface area (Å²) in [5, 5.41) is 25.9. The molecule has 0 aromatic heterocycles. The summed E-state index contributed by atoms with van der Waals surface area (Å²) in [6, 6.07) is 3.26. The van der Waals surface area contributed by atoms with E-state index in [1.54, 1.807) is 0 Å². The average molecular weight is 356 g/mol. The van der Waals surface area contributed by atoms with E-state index in [4.69, 9.17) is 15.0 Å². The number of halogens is 2. The minimum Gasteiger partial charge on any atom is -0.652 e. The quantitative estimate of drug-likeness (QED) is 0.422.